The number of rotatable bonds is 3. The molecule has 0 radical (unpaired) electrons. The Morgan fingerprint density at radius 2 is 2.06 bits per heavy atom. The van der Waals surface area contributed by atoms with Gasteiger partial charge >= 0.3 is 0 Å². The third kappa shape index (κ3) is 3.20. The molecule has 0 aliphatic carbocycles. The van der Waals surface area contributed by atoms with Crippen LogP contribution in [0.15, 0.2) is 23.3 Å². The van der Waals surface area contributed by atoms with Gasteiger partial charge < -0.3 is 0 Å². The van der Waals surface area contributed by atoms with Crippen LogP contribution in [0.4, 0.5) is 5.69 Å². The number of nitro groups is 1. The second-order valence-corrected chi connectivity index (χ2v) is 4.63. The molecule has 0 aromatic heterocycles. The van der Waals surface area contributed by atoms with E-state index in [0.29, 0.717) is 5.56 Å². The van der Waals surface area contributed by atoms with Gasteiger partial charge in [0.25, 0.3) is 5.69 Å². The monoisotopic (exact) mass is 267 g/mol. The standard InChI is InChI=1S/C12H14ClN3O2/c13-11-5-4-10(8-12(11)16(17)18)9-14-15-6-2-1-3-7-15/h4-5,8-9H,1-3,6-7H2/b14-9-. The zero-order valence-corrected chi connectivity index (χ0v) is 10.6. The Bertz CT molecular complexity index is 470. The number of piperidine rings is 1. The molecule has 0 unspecified atom stereocenters. The van der Waals surface area contributed by atoms with Crippen molar-refractivity contribution >= 4 is 23.5 Å². The van der Waals surface area contributed by atoms with E-state index in [9.17, 15) is 10.1 Å². The van der Waals surface area contributed by atoms with Gasteiger partial charge in [0.05, 0.1) is 11.1 Å². The molecule has 1 aromatic carbocycles. The molecule has 1 heterocycles. The lowest BCUT2D eigenvalue weighted by atomic mass is 10.2. The van der Waals surface area contributed by atoms with Gasteiger partial charge in [-0.15, -0.1) is 0 Å². The maximum atomic E-state index is 10.7. The summed E-state index contributed by atoms with van der Waals surface area (Å²) in [5.41, 5.74) is 0.607. The van der Waals surface area contributed by atoms with Crippen molar-refractivity contribution in [3.63, 3.8) is 0 Å². The van der Waals surface area contributed by atoms with Gasteiger partial charge in [-0.25, -0.2) is 0 Å². The van der Waals surface area contributed by atoms with Crippen LogP contribution in [0.1, 0.15) is 24.8 Å². The van der Waals surface area contributed by atoms with Gasteiger partial charge in [-0.05, 0) is 25.3 Å². The molecular weight excluding hydrogens is 254 g/mol. The molecule has 1 aliphatic rings. The van der Waals surface area contributed by atoms with Crippen molar-refractivity contribution in [2.75, 3.05) is 13.1 Å². The fourth-order valence-electron chi connectivity index (χ4n) is 1.89. The van der Waals surface area contributed by atoms with Crippen LogP contribution in [-0.4, -0.2) is 29.2 Å². The van der Waals surface area contributed by atoms with Crippen LogP contribution in [0.25, 0.3) is 0 Å². The first kappa shape index (κ1) is 12.8. The second kappa shape index (κ2) is 5.82. The Hall–Kier alpha value is -1.62. The molecule has 5 nitrogen and oxygen atoms in total. The highest BCUT2D eigenvalue weighted by Crippen LogP contribution is 2.24. The summed E-state index contributed by atoms with van der Waals surface area (Å²) in [5.74, 6) is 0. The number of halogens is 1. The predicted molar refractivity (Wildman–Crippen MR) is 71.1 cm³/mol. The lowest BCUT2D eigenvalue weighted by Gasteiger charge is -2.23. The average Bonchev–Trinajstić information content (AvgIpc) is 2.38. The molecule has 0 spiro atoms. The molecule has 96 valence electrons. The maximum absolute atomic E-state index is 10.7. The predicted octanol–water partition coefficient (Wildman–Crippen LogP) is 3.07. The molecule has 0 amide bonds. The van der Waals surface area contributed by atoms with Crippen LogP contribution in [0, 0.1) is 10.1 Å². The van der Waals surface area contributed by atoms with Crippen LogP contribution in [0.3, 0.4) is 0 Å². The lowest BCUT2D eigenvalue weighted by molar-refractivity contribution is -0.384. The highest BCUT2D eigenvalue weighted by atomic mass is 35.5. The largest absolute Gasteiger partial charge is 0.297 e. The number of nitrogens with zero attached hydrogens (tertiary/aromatic N) is 3. The Balaban J connectivity index is 2.11. The SMILES string of the molecule is O=[N+]([O-])c1cc(/C=N\N2CCCCC2)ccc1Cl. The third-order valence-electron chi connectivity index (χ3n) is 2.87. The van der Waals surface area contributed by atoms with E-state index < -0.39 is 4.92 Å². The smallest absolute Gasteiger partial charge is 0.288 e. The molecule has 0 atom stereocenters. The fraction of sp³-hybridized carbons (Fsp3) is 0.417. The first-order chi connectivity index (χ1) is 8.66. The van der Waals surface area contributed by atoms with Crippen LogP contribution < -0.4 is 0 Å². The van der Waals surface area contributed by atoms with Gasteiger partial charge in [0, 0.05) is 24.7 Å². The minimum Gasteiger partial charge on any atom is -0.297 e. The van der Waals surface area contributed by atoms with Crippen LogP contribution >= 0.6 is 11.6 Å². The van der Waals surface area contributed by atoms with Crippen molar-refractivity contribution in [1.29, 1.82) is 0 Å². The summed E-state index contributed by atoms with van der Waals surface area (Å²) in [4.78, 5) is 10.3. The fourth-order valence-corrected chi connectivity index (χ4v) is 2.08. The molecule has 0 bridgehead atoms. The Morgan fingerprint density at radius 3 is 2.72 bits per heavy atom. The van der Waals surface area contributed by atoms with Crippen molar-refractivity contribution in [3.8, 4) is 0 Å². The van der Waals surface area contributed by atoms with E-state index in [4.69, 9.17) is 11.6 Å². The zero-order chi connectivity index (χ0) is 13.0. The van der Waals surface area contributed by atoms with Crippen molar-refractivity contribution < 1.29 is 4.92 Å². The molecule has 1 saturated heterocycles. The number of hydrogen-bond acceptors (Lipinski definition) is 4. The Morgan fingerprint density at radius 1 is 1.33 bits per heavy atom. The van der Waals surface area contributed by atoms with Crippen molar-refractivity contribution in [3.05, 3.63) is 38.9 Å². The van der Waals surface area contributed by atoms with Gasteiger partial charge in [0.2, 0.25) is 0 Å². The van der Waals surface area contributed by atoms with E-state index in [1.54, 1.807) is 12.3 Å². The van der Waals surface area contributed by atoms with Crippen molar-refractivity contribution in [2.45, 2.75) is 19.3 Å². The summed E-state index contributed by atoms with van der Waals surface area (Å²) in [6, 6.07) is 4.69. The number of hydrazone groups is 1. The quantitative estimate of drug-likeness (QED) is 0.480. The number of benzene rings is 1. The molecule has 18 heavy (non-hydrogen) atoms. The first-order valence-electron chi connectivity index (χ1n) is 5.90. The van der Waals surface area contributed by atoms with E-state index in [0.717, 1.165) is 25.9 Å². The summed E-state index contributed by atoms with van der Waals surface area (Å²) in [5, 5.41) is 17.2. The van der Waals surface area contributed by atoms with Crippen LogP contribution in [0.2, 0.25) is 5.02 Å². The minimum absolute atomic E-state index is 0.0840. The lowest BCUT2D eigenvalue weighted by Crippen LogP contribution is -2.24. The van der Waals surface area contributed by atoms with Gasteiger partial charge in [-0.3, -0.25) is 15.1 Å². The van der Waals surface area contributed by atoms with Crippen LogP contribution in [-0.2, 0) is 0 Å². The van der Waals surface area contributed by atoms with Gasteiger partial charge in [-0.2, -0.15) is 5.10 Å². The van der Waals surface area contributed by atoms with Gasteiger partial charge in [-0.1, -0.05) is 17.7 Å². The number of hydrogen-bond donors (Lipinski definition) is 0. The highest BCUT2D eigenvalue weighted by Gasteiger charge is 2.12. The van der Waals surface area contributed by atoms with Crippen LogP contribution in [0.5, 0.6) is 0 Å². The zero-order valence-electron chi connectivity index (χ0n) is 9.88. The summed E-state index contributed by atoms with van der Waals surface area (Å²) in [6.07, 6.45) is 5.20. The Labute approximate surface area is 110 Å². The van der Waals surface area contributed by atoms with Crippen molar-refractivity contribution in [2.24, 2.45) is 5.10 Å². The summed E-state index contributed by atoms with van der Waals surface area (Å²) < 4.78 is 0. The average molecular weight is 268 g/mol. The van der Waals surface area contributed by atoms with Gasteiger partial charge in [0.1, 0.15) is 5.02 Å². The van der Waals surface area contributed by atoms with E-state index in [1.807, 2.05) is 5.01 Å². The molecule has 6 heteroatoms. The third-order valence-corrected chi connectivity index (χ3v) is 3.19. The van der Waals surface area contributed by atoms with E-state index in [-0.39, 0.29) is 10.7 Å². The van der Waals surface area contributed by atoms with E-state index >= 15 is 0 Å². The molecule has 0 saturated carbocycles. The molecule has 2 rings (SSSR count). The van der Waals surface area contributed by atoms with E-state index in [2.05, 4.69) is 5.10 Å². The van der Waals surface area contributed by atoms with Crippen molar-refractivity contribution in [1.82, 2.24) is 5.01 Å². The maximum Gasteiger partial charge on any atom is 0.288 e. The molecule has 1 aromatic rings. The highest BCUT2D eigenvalue weighted by molar-refractivity contribution is 6.32. The summed E-state index contributed by atoms with van der Waals surface area (Å²) in [7, 11) is 0. The second-order valence-electron chi connectivity index (χ2n) is 4.23. The first-order valence-corrected chi connectivity index (χ1v) is 6.27. The molecular formula is C12H14ClN3O2. The van der Waals surface area contributed by atoms with Gasteiger partial charge in [0.15, 0.2) is 0 Å². The summed E-state index contributed by atoms with van der Waals surface area (Å²) in [6.45, 7) is 1.90. The molecule has 1 fully saturated rings. The van der Waals surface area contributed by atoms with E-state index in [1.165, 1.54) is 18.6 Å². The topological polar surface area (TPSA) is 58.7 Å². The number of nitro benzene ring substituents is 1. The minimum atomic E-state index is -0.486. The Kier molecular flexibility index (Phi) is 4.15. The molecule has 0 N–H and O–H groups in total. The molecule has 1 aliphatic heterocycles. The normalized spacial score (nSPS) is 16.2. The summed E-state index contributed by atoms with van der Waals surface area (Å²) >= 11 is 5.74.